The molecule has 0 unspecified atom stereocenters. The molecule has 0 amide bonds. The fourth-order valence-electron chi connectivity index (χ4n) is 1.24. The lowest BCUT2D eigenvalue weighted by molar-refractivity contribution is 0.186. The van der Waals surface area contributed by atoms with E-state index in [0.717, 1.165) is 12.8 Å². The quantitative estimate of drug-likeness (QED) is 0.502. The molecule has 0 aliphatic heterocycles. The maximum Gasteiger partial charge on any atom is 0.0822 e. The molecule has 0 aromatic rings. The second-order valence-electron chi connectivity index (χ2n) is 3.76. The average molecular weight is 200 g/mol. The molecule has 0 rings (SSSR count). The predicted octanol–water partition coefficient (Wildman–Crippen LogP) is 4.79. The van der Waals surface area contributed by atoms with Gasteiger partial charge in [0.1, 0.15) is 0 Å². The topological polar surface area (TPSA) is 19.9 Å². The van der Waals surface area contributed by atoms with E-state index >= 15 is 0 Å². The van der Waals surface area contributed by atoms with Gasteiger partial charge < -0.3 is 0 Å². The smallest absolute Gasteiger partial charge is 0.0822 e. The summed E-state index contributed by atoms with van der Waals surface area (Å²) in [6.45, 7) is 6.35. The van der Waals surface area contributed by atoms with Gasteiger partial charge in [-0.15, -0.1) is 0 Å². The predicted molar refractivity (Wildman–Crippen MR) is 63.8 cm³/mol. The summed E-state index contributed by atoms with van der Waals surface area (Å²) in [4.78, 5) is 0. The highest BCUT2D eigenvalue weighted by Crippen LogP contribution is 2.07. The van der Waals surface area contributed by atoms with E-state index in [-0.39, 0.29) is 6.61 Å². The van der Waals surface area contributed by atoms with Crippen LogP contribution in [0.2, 0.25) is 0 Å². The minimum Gasteiger partial charge on any atom is -0.237 e. The Hall–Kier alpha value is -0.0400. The van der Waals surface area contributed by atoms with Crippen LogP contribution in [0, 0.1) is 6.42 Å². The van der Waals surface area contributed by atoms with Crippen molar-refractivity contribution in [2.45, 2.75) is 72.1 Å². The Bertz CT molecular complexity index is 63.6. The van der Waals surface area contributed by atoms with Crippen molar-refractivity contribution in [2.75, 3.05) is 6.61 Å². The van der Waals surface area contributed by atoms with Crippen molar-refractivity contribution in [1.29, 1.82) is 0 Å². The van der Waals surface area contributed by atoms with Crippen LogP contribution in [-0.4, -0.2) is 6.61 Å². The van der Waals surface area contributed by atoms with E-state index in [1.165, 1.54) is 38.5 Å². The van der Waals surface area contributed by atoms with Crippen molar-refractivity contribution in [1.82, 2.24) is 0 Å². The van der Waals surface area contributed by atoms with Crippen molar-refractivity contribution in [2.24, 2.45) is 0 Å². The van der Waals surface area contributed by atoms with Crippen LogP contribution in [0.25, 0.3) is 0 Å². The van der Waals surface area contributed by atoms with Crippen molar-refractivity contribution in [3.05, 3.63) is 6.42 Å². The first-order valence-electron chi connectivity index (χ1n) is 6.15. The van der Waals surface area contributed by atoms with Crippen LogP contribution in [-0.2, 0) is 5.11 Å². The van der Waals surface area contributed by atoms with E-state index in [1.54, 1.807) is 0 Å². The molecule has 0 atom stereocenters. The normalized spacial score (nSPS) is 9.43. The summed E-state index contributed by atoms with van der Waals surface area (Å²) in [5.41, 5.74) is 0. The summed E-state index contributed by atoms with van der Waals surface area (Å²) >= 11 is 0. The number of unbranched alkanes of at least 4 members (excludes halogenated alkanes) is 7. The van der Waals surface area contributed by atoms with Crippen LogP contribution >= 0.6 is 0 Å². The summed E-state index contributed by atoms with van der Waals surface area (Å²) in [5.74, 6) is 0. The number of hydrogen-bond acceptors (Lipinski definition) is 0. The summed E-state index contributed by atoms with van der Waals surface area (Å²) in [6, 6.07) is 0. The van der Waals surface area contributed by atoms with E-state index < -0.39 is 0 Å². The summed E-state index contributed by atoms with van der Waals surface area (Å²) in [6.07, 6.45) is 12.1. The van der Waals surface area contributed by atoms with Gasteiger partial charge in [0.15, 0.2) is 0 Å². The Balaban J connectivity index is 0. The molecule has 86 valence electrons. The van der Waals surface area contributed by atoms with Gasteiger partial charge in [-0.2, -0.15) is 0 Å². The monoisotopic (exact) mass is 200 g/mol. The summed E-state index contributed by atoms with van der Waals surface area (Å²) in [7, 11) is 0. The van der Waals surface area contributed by atoms with Gasteiger partial charge >= 0.3 is 0 Å². The van der Waals surface area contributed by atoms with Crippen LogP contribution in [0.4, 0.5) is 0 Å². The molecule has 0 N–H and O–H groups in total. The molecule has 0 saturated heterocycles. The SMILES string of the molecule is CCCCCCCCCC[O].C[CH]C. The molecule has 0 aliphatic carbocycles. The minimum absolute atomic E-state index is 0.120. The zero-order chi connectivity index (χ0) is 11.1. The molecule has 14 heavy (non-hydrogen) atoms. The lowest BCUT2D eigenvalue weighted by Crippen LogP contribution is -1.82. The van der Waals surface area contributed by atoms with Crippen molar-refractivity contribution >= 4 is 0 Å². The first kappa shape index (κ1) is 16.4. The van der Waals surface area contributed by atoms with Gasteiger partial charge in [-0.25, -0.2) is 5.11 Å². The van der Waals surface area contributed by atoms with E-state index in [0.29, 0.717) is 0 Å². The molecule has 2 radical (unpaired) electrons. The molecule has 1 nitrogen and oxygen atoms in total. The highest BCUT2D eigenvalue weighted by molar-refractivity contribution is 4.44. The van der Waals surface area contributed by atoms with Crippen LogP contribution in [0.5, 0.6) is 0 Å². The Morgan fingerprint density at radius 2 is 1.14 bits per heavy atom. The Kier molecular flexibility index (Phi) is 21.9. The highest BCUT2D eigenvalue weighted by Gasteiger charge is 1.89. The third-order valence-electron chi connectivity index (χ3n) is 2.00. The van der Waals surface area contributed by atoms with E-state index in [4.69, 9.17) is 0 Å². The Morgan fingerprint density at radius 3 is 1.50 bits per heavy atom. The van der Waals surface area contributed by atoms with Crippen LogP contribution < -0.4 is 0 Å². The molecular weight excluding hydrogens is 172 g/mol. The van der Waals surface area contributed by atoms with Gasteiger partial charge in [0.05, 0.1) is 6.61 Å². The number of rotatable bonds is 8. The molecule has 0 aliphatic rings. The fraction of sp³-hybridized carbons (Fsp3) is 0.923. The largest absolute Gasteiger partial charge is 0.237 e. The zero-order valence-corrected chi connectivity index (χ0v) is 10.3. The average Bonchev–Trinajstić information content (AvgIpc) is 2.18. The molecule has 0 bridgehead atoms. The van der Waals surface area contributed by atoms with Crippen LogP contribution in [0.15, 0.2) is 0 Å². The third-order valence-corrected chi connectivity index (χ3v) is 2.00. The maximum absolute atomic E-state index is 10.1. The lowest BCUT2D eigenvalue weighted by atomic mass is 10.1. The van der Waals surface area contributed by atoms with Gasteiger partial charge in [-0.05, 0) is 12.8 Å². The van der Waals surface area contributed by atoms with Crippen LogP contribution in [0.3, 0.4) is 0 Å². The highest BCUT2D eigenvalue weighted by atomic mass is 16.2. The first-order valence-corrected chi connectivity index (χ1v) is 6.15. The maximum atomic E-state index is 10.1. The van der Waals surface area contributed by atoms with Gasteiger partial charge in [0.2, 0.25) is 0 Å². The van der Waals surface area contributed by atoms with Gasteiger partial charge in [0, 0.05) is 0 Å². The molecule has 0 fully saturated rings. The Labute approximate surface area is 90.9 Å². The number of hydrogen-bond donors (Lipinski definition) is 0. The molecule has 0 heterocycles. The lowest BCUT2D eigenvalue weighted by Gasteiger charge is -1.98. The second-order valence-corrected chi connectivity index (χ2v) is 3.76. The first-order chi connectivity index (χ1) is 6.83. The second kappa shape index (κ2) is 18.7. The van der Waals surface area contributed by atoms with Crippen molar-refractivity contribution in [3.8, 4) is 0 Å². The van der Waals surface area contributed by atoms with Crippen LogP contribution in [0.1, 0.15) is 72.1 Å². The van der Waals surface area contributed by atoms with Gasteiger partial charge in [-0.3, -0.25) is 0 Å². The fourth-order valence-corrected chi connectivity index (χ4v) is 1.24. The van der Waals surface area contributed by atoms with Crippen molar-refractivity contribution < 1.29 is 5.11 Å². The molecule has 1 heteroatoms. The molecular formula is C13H28O. The third kappa shape index (κ3) is 22.7. The van der Waals surface area contributed by atoms with Crippen molar-refractivity contribution in [3.63, 3.8) is 0 Å². The van der Waals surface area contributed by atoms with Gasteiger partial charge in [-0.1, -0.05) is 65.7 Å². The van der Waals surface area contributed by atoms with E-state index in [1.807, 2.05) is 20.3 Å². The zero-order valence-electron chi connectivity index (χ0n) is 10.3. The van der Waals surface area contributed by atoms with E-state index in [2.05, 4.69) is 6.92 Å². The molecule has 0 spiro atoms. The molecule has 0 saturated carbocycles. The molecule has 0 aromatic carbocycles. The minimum atomic E-state index is 0.120. The standard InChI is InChI=1S/C10H21O.C3H7/c1-2-3-4-5-6-7-8-9-10-11;1-3-2/h2-10H2,1H3;3H,1-2H3. The Morgan fingerprint density at radius 1 is 0.786 bits per heavy atom. The van der Waals surface area contributed by atoms with E-state index in [9.17, 15) is 5.11 Å². The molecule has 0 aromatic heterocycles. The van der Waals surface area contributed by atoms with Gasteiger partial charge in [0.25, 0.3) is 0 Å². The summed E-state index contributed by atoms with van der Waals surface area (Å²) < 4.78 is 0. The summed E-state index contributed by atoms with van der Waals surface area (Å²) in [5, 5.41) is 10.1.